The Hall–Kier alpha value is -1.26. The molecule has 1 heterocycles. The molecule has 1 N–H and O–H groups in total. The molecule has 0 aliphatic carbocycles. The Bertz CT molecular complexity index is 488. The monoisotopic (exact) mass is 284 g/mol. The number of ether oxygens (including phenoxy) is 2. The van der Waals surface area contributed by atoms with Crippen LogP contribution in [-0.4, -0.2) is 23.8 Å². The smallest absolute Gasteiger partial charge is 0.309 e. The van der Waals surface area contributed by atoms with Crippen LogP contribution in [0.5, 0.6) is 5.75 Å². The zero-order valence-corrected chi connectivity index (χ0v) is 11.7. The van der Waals surface area contributed by atoms with Gasteiger partial charge in [0.2, 0.25) is 0 Å². The van der Waals surface area contributed by atoms with E-state index in [1.807, 2.05) is 6.92 Å². The molecule has 0 bridgehead atoms. The number of benzene rings is 1. The van der Waals surface area contributed by atoms with Crippen molar-refractivity contribution in [1.29, 1.82) is 0 Å². The molecule has 1 aliphatic rings. The number of halogens is 1. The van der Waals surface area contributed by atoms with Gasteiger partial charge in [0.15, 0.2) is 0 Å². The SMILES string of the molecule is CCOC(=O)C[C@]1(O)C[C@@H](C)Oc2c(Cl)cccc21. The highest BCUT2D eigenvalue weighted by Crippen LogP contribution is 2.44. The summed E-state index contributed by atoms with van der Waals surface area (Å²) < 4.78 is 10.6. The van der Waals surface area contributed by atoms with Crippen molar-refractivity contribution in [2.75, 3.05) is 6.61 Å². The minimum absolute atomic E-state index is 0.0954. The Morgan fingerprint density at radius 2 is 2.37 bits per heavy atom. The molecule has 0 spiro atoms. The molecule has 0 fully saturated rings. The van der Waals surface area contributed by atoms with Crippen LogP contribution in [0.15, 0.2) is 18.2 Å². The summed E-state index contributed by atoms with van der Waals surface area (Å²) in [5, 5.41) is 11.2. The van der Waals surface area contributed by atoms with Crippen LogP contribution >= 0.6 is 11.6 Å². The molecule has 0 saturated heterocycles. The second-order valence-corrected chi connectivity index (χ2v) is 5.17. The van der Waals surface area contributed by atoms with Gasteiger partial charge in [0, 0.05) is 12.0 Å². The third-order valence-corrected chi connectivity index (χ3v) is 3.45. The lowest BCUT2D eigenvalue weighted by Gasteiger charge is -2.37. The van der Waals surface area contributed by atoms with Gasteiger partial charge in [0.1, 0.15) is 11.4 Å². The van der Waals surface area contributed by atoms with Gasteiger partial charge in [-0.05, 0) is 19.9 Å². The molecule has 2 atom stereocenters. The molecule has 0 saturated carbocycles. The molecular weight excluding hydrogens is 268 g/mol. The summed E-state index contributed by atoms with van der Waals surface area (Å²) >= 11 is 6.08. The molecule has 1 aliphatic heterocycles. The minimum Gasteiger partial charge on any atom is -0.489 e. The third kappa shape index (κ3) is 2.85. The summed E-state index contributed by atoms with van der Waals surface area (Å²) in [5.74, 6) is 0.0275. The highest BCUT2D eigenvalue weighted by Gasteiger charge is 2.41. The van der Waals surface area contributed by atoms with Gasteiger partial charge in [0.25, 0.3) is 0 Å². The van der Waals surface area contributed by atoms with Gasteiger partial charge in [-0.3, -0.25) is 4.79 Å². The number of para-hydroxylation sites is 1. The molecule has 104 valence electrons. The number of carbonyl (C=O) groups excluding carboxylic acids is 1. The fourth-order valence-corrected chi connectivity index (χ4v) is 2.66. The van der Waals surface area contributed by atoms with Gasteiger partial charge >= 0.3 is 5.97 Å². The first-order valence-corrected chi connectivity index (χ1v) is 6.67. The van der Waals surface area contributed by atoms with E-state index in [0.29, 0.717) is 29.4 Å². The largest absolute Gasteiger partial charge is 0.489 e. The zero-order chi connectivity index (χ0) is 14.0. The van der Waals surface area contributed by atoms with E-state index in [1.54, 1.807) is 25.1 Å². The maximum Gasteiger partial charge on any atom is 0.309 e. The molecule has 0 radical (unpaired) electrons. The Labute approximate surface area is 117 Å². The molecule has 0 unspecified atom stereocenters. The van der Waals surface area contributed by atoms with Crippen LogP contribution in [-0.2, 0) is 15.1 Å². The van der Waals surface area contributed by atoms with Crippen LogP contribution in [0.3, 0.4) is 0 Å². The Morgan fingerprint density at radius 1 is 1.63 bits per heavy atom. The average molecular weight is 285 g/mol. The van der Waals surface area contributed by atoms with E-state index in [9.17, 15) is 9.90 Å². The van der Waals surface area contributed by atoms with Crippen LogP contribution in [0.25, 0.3) is 0 Å². The summed E-state index contributed by atoms with van der Waals surface area (Å²) in [6.07, 6.45) is 0.0212. The third-order valence-electron chi connectivity index (χ3n) is 3.15. The average Bonchev–Trinajstić information content (AvgIpc) is 2.30. The fraction of sp³-hybridized carbons (Fsp3) is 0.500. The van der Waals surface area contributed by atoms with Crippen LogP contribution in [0.2, 0.25) is 5.02 Å². The van der Waals surface area contributed by atoms with Crippen molar-refractivity contribution in [1.82, 2.24) is 0 Å². The standard InChI is InChI=1S/C14H17ClO4/c1-3-18-12(16)8-14(17)7-9(2)19-13-10(14)5-4-6-11(13)15/h4-6,9,17H,3,7-8H2,1-2H3/t9-,14-/m1/s1. The maximum absolute atomic E-state index is 11.7. The number of rotatable bonds is 3. The van der Waals surface area contributed by atoms with Gasteiger partial charge in [-0.2, -0.15) is 0 Å². The molecule has 4 nitrogen and oxygen atoms in total. The minimum atomic E-state index is -1.29. The van der Waals surface area contributed by atoms with Crippen molar-refractivity contribution in [2.45, 2.75) is 38.4 Å². The first-order valence-electron chi connectivity index (χ1n) is 6.30. The molecule has 5 heteroatoms. The van der Waals surface area contributed by atoms with E-state index in [0.717, 1.165) is 0 Å². The van der Waals surface area contributed by atoms with E-state index >= 15 is 0 Å². The Kier molecular flexibility index (Phi) is 4.02. The lowest BCUT2D eigenvalue weighted by Crippen LogP contribution is -2.39. The molecular formula is C14H17ClO4. The van der Waals surface area contributed by atoms with Crippen LogP contribution in [0.1, 0.15) is 32.3 Å². The molecule has 1 aromatic carbocycles. The van der Waals surface area contributed by atoms with Crippen molar-refractivity contribution < 1.29 is 19.4 Å². The van der Waals surface area contributed by atoms with Crippen LogP contribution < -0.4 is 4.74 Å². The highest BCUT2D eigenvalue weighted by molar-refractivity contribution is 6.32. The summed E-state index contributed by atoms with van der Waals surface area (Å²) in [7, 11) is 0. The number of hydrogen-bond acceptors (Lipinski definition) is 4. The normalized spacial score (nSPS) is 25.4. The van der Waals surface area contributed by atoms with Gasteiger partial charge in [-0.25, -0.2) is 0 Å². The zero-order valence-electron chi connectivity index (χ0n) is 11.0. The van der Waals surface area contributed by atoms with E-state index in [1.165, 1.54) is 0 Å². The number of aliphatic hydroxyl groups is 1. The summed E-state index contributed by atoms with van der Waals surface area (Å²) in [5.41, 5.74) is -0.740. The van der Waals surface area contributed by atoms with Crippen molar-refractivity contribution in [3.63, 3.8) is 0 Å². The lowest BCUT2D eigenvalue weighted by molar-refractivity contribution is -0.151. The van der Waals surface area contributed by atoms with E-state index in [4.69, 9.17) is 21.1 Å². The number of carbonyl (C=O) groups is 1. The molecule has 19 heavy (non-hydrogen) atoms. The van der Waals surface area contributed by atoms with Crippen molar-refractivity contribution >= 4 is 17.6 Å². The second-order valence-electron chi connectivity index (χ2n) is 4.76. The van der Waals surface area contributed by atoms with E-state index in [2.05, 4.69) is 0 Å². The van der Waals surface area contributed by atoms with Crippen molar-refractivity contribution in [2.24, 2.45) is 0 Å². The number of fused-ring (bicyclic) bond motifs is 1. The maximum atomic E-state index is 11.7. The number of hydrogen-bond donors (Lipinski definition) is 1. The summed E-state index contributed by atoms with van der Waals surface area (Å²) in [6, 6.07) is 5.16. The Morgan fingerprint density at radius 3 is 3.05 bits per heavy atom. The first kappa shape index (κ1) is 14.2. The van der Waals surface area contributed by atoms with Crippen molar-refractivity contribution in [3.05, 3.63) is 28.8 Å². The molecule has 0 aromatic heterocycles. The highest BCUT2D eigenvalue weighted by atomic mass is 35.5. The predicted molar refractivity (Wildman–Crippen MR) is 71.3 cm³/mol. The van der Waals surface area contributed by atoms with Gasteiger partial charge < -0.3 is 14.6 Å². The molecule has 2 rings (SSSR count). The Balaban J connectivity index is 2.36. The quantitative estimate of drug-likeness (QED) is 0.867. The molecule has 1 aromatic rings. The van der Waals surface area contributed by atoms with Crippen molar-refractivity contribution in [3.8, 4) is 5.75 Å². The van der Waals surface area contributed by atoms with Gasteiger partial charge in [-0.15, -0.1) is 0 Å². The van der Waals surface area contributed by atoms with E-state index < -0.39 is 11.6 Å². The predicted octanol–water partition coefficient (Wildman–Crippen LogP) is 2.65. The lowest BCUT2D eigenvalue weighted by atomic mass is 9.83. The van der Waals surface area contributed by atoms with E-state index in [-0.39, 0.29) is 12.5 Å². The number of esters is 1. The topological polar surface area (TPSA) is 55.8 Å². The second kappa shape index (κ2) is 5.39. The summed E-state index contributed by atoms with van der Waals surface area (Å²) in [6.45, 7) is 3.87. The van der Waals surface area contributed by atoms with Gasteiger partial charge in [-0.1, -0.05) is 23.7 Å². The summed E-state index contributed by atoms with van der Waals surface area (Å²) in [4.78, 5) is 11.7. The first-order chi connectivity index (χ1) is 8.96. The van der Waals surface area contributed by atoms with Gasteiger partial charge in [0.05, 0.1) is 24.2 Å². The van der Waals surface area contributed by atoms with Crippen LogP contribution in [0.4, 0.5) is 0 Å². The fourth-order valence-electron chi connectivity index (χ4n) is 2.44. The molecule has 0 amide bonds. The van der Waals surface area contributed by atoms with Crippen LogP contribution in [0, 0.1) is 0 Å².